The third-order valence-corrected chi connectivity index (χ3v) is 0. The molecule has 0 aliphatic carbocycles. The summed E-state index contributed by atoms with van der Waals surface area (Å²) in [6.45, 7) is 0. The van der Waals surface area contributed by atoms with Gasteiger partial charge in [-0.1, -0.05) is 0 Å². The van der Waals surface area contributed by atoms with Crippen molar-refractivity contribution in [1.82, 2.24) is 0 Å². The van der Waals surface area contributed by atoms with Gasteiger partial charge >= 0.3 is 57.0 Å². The van der Waals surface area contributed by atoms with Gasteiger partial charge in [0.15, 0.2) is 0 Å². The monoisotopic (exact) mass is 243 g/mol. The van der Waals surface area contributed by atoms with Gasteiger partial charge in [-0.2, -0.15) is 0 Å². The van der Waals surface area contributed by atoms with E-state index in [-0.39, 0.29) is 0 Å². The molecule has 0 aromatic heterocycles. The molecule has 6 heavy (non-hydrogen) atoms. The standard InChI is InChI=1S/2Co.3P.S. The maximum atomic E-state index is 3.77. The average molecular weight is 243 g/mol. The molecule has 0 aliphatic heterocycles. The van der Waals surface area contributed by atoms with Crippen molar-refractivity contribution >= 4 is 32.6 Å². The van der Waals surface area contributed by atoms with E-state index in [4.69, 9.17) is 0 Å². The Bertz CT molecular complexity index is 237. The van der Waals surface area contributed by atoms with Gasteiger partial charge in [0, 0.05) is 0 Å². The van der Waals surface area contributed by atoms with Crippen LogP contribution in [0.25, 0.3) is 0 Å². The SMILES string of the molecule is [P]#[Co](#[P])#[P].[S]=[Co]. The van der Waals surface area contributed by atoms with Gasteiger partial charge in [-0.05, 0) is 0 Å². The Labute approximate surface area is 56.7 Å². The van der Waals surface area contributed by atoms with E-state index in [1.165, 1.54) is 0 Å². The number of hydrogen-bond donors (Lipinski definition) is 0. The molecule has 0 bridgehead atoms. The zero-order chi connectivity index (χ0) is 5.58. The summed E-state index contributed by atoms with van der Waals surface area (Å²) in [5, 5.41) is 0. The molecule has 0 N–H and O–H groups in total. The first kappa shape index (κ1) is 11.3. The first-order valence-corrected chi connectivity index (χ1v) is 7.21. The first-order chi connectivity index (χ1) is 2.73. The van der Waals surface area contributed by atoms with E-state index in [0.29, 0.717) is 0 Å². The quantitative estimate of drug-likeness (QED) is 0.588. The molecule has 0 atom stereocenters. The fourth-order valence-corrected chi connectivity index (χ4v) is 0. The summed E-state index contributed by atoms with van der Waals surface area (Å²) in [6.07, 6.45) is 0. The van der Waals surface area contributed by atoms with E-state index < -0.39 is 10.3 Å². The first-order valence-electron chi connectivity index (χ1n) is 0.583. The second-order valence-corrected chi connectivity index (χ2v) is 7.42. The molecule has 6 heteroatoms. The molecule has 0 saturated heterocycles. The van der Waals surface area contributed by atoms with Crippen LogP contribution in [0.2, 0.25) is 0 Å². The third-order valence-electron chi connectivity index (χ3n) is 0. The molecule has 0 unspecified atom stereocenters. The fraction of sp³-hybridized carbons (Fsp3) is 0. The summed E-state index contributed by atoms with van der Waals surface area (Å²) in [5.41, 5.74) is 0. The molecule has 0 aliphatic rings. The molecule has 0 nitrogen and oxygen atoms in total. The van der Waals surface area contributed by atoms with Gasteiger partial charge in [0.05, 0.1) is 0 Å². The molecule has 0 saturated carbocycles. The van der Waals surface area contributed by atoms with E-state index in [9.17, 15) is 0 Å². The van der Waals surface area contributed by atoms with Crippen molar-refractivity contribution in [2.75, 3.05) is 0 Å². The van der Waals surface area contributed by atoms with Gasteiger partial charge in [0.25, 0.3) is 0 Å². The van der Waals surface area contributed by atoms with Crippen LogP contribution in [0.4, 0.5) is 0 Å². The molecule has 0 amide bonds. The van der Waals surface area contributed by atoms with Crippen LogP contribution in [-0.4, -0.2) is 0 Å². The Hall–Kier alpha value is 2.52. The Balaban J connectivity index is 0. The van der Waals surface area contributed by atoms with Crippen molar-refractivity contribution in [3.05, 3.63) is 0 Å². The van der Waals surface area contributed by atoms with Gasteiger partial charge in [0.1, 0.15) is 0 Å². The predicted octanol–water partition coefficient (Wildman–Crippen LogP) is 3.23. The Morgan fingerprint density at radius 2 is 1.17 bits per heavy atom. The molecule has 0 heterocycles. The van der Waals surface area contributed by atoms with Crippen LogP contribution in [0, 0.1) is 0 Å². The van der Waals surface area contributed by atoms with E-state index in [1.54, 1.807) is 0 Å². The van der Waals surface area contributed by atoms with Crippen LogP contribution in [0.15, 0.2) is 0 Å². The van der Waals surface area contributed by atoms with Crippen LogP contribution >= 0.6 is 32.6 Å². The minimum absolute atomic E-state index is 0.521. The Morgan fingerprint density at radius 3 is 1.17 bits per heavy atom. The third kappa shape index (κ3) is 31.3. The molecular formula is Co2P3S. The van der Waals surface area contributed by atoms with Crippen LogP contribution in [-0.2, 0) is 24.4 Å². The summed E-state index contributed by atoms with van der Waals surface area (Å²) in [5.74, 6) is 0. The van der Waals surface area contributed by atoms with Crippen molar-refractivity contribution in [1.29, 1.82) is 0 Å². The molecule has 0 radical (unpaired) electrons. The van der Waals surface area contributed by atoms with Crippen molar-refractivity contribution in [2.45, 2.75) is 0 Å². The van der Waals surface area contributed by atoms with E-state index in [0.717, 1.165) is 0 Å². The van der Waals surface area contributed by atoms with E-state index in [1.807, 2.05) is 0 Å². The van der Waals surface area contributed by atoms with Gasteiger partial charge in [-0.25, -0.2) is 0 Å². The van der Waals surface area contributed by atoms with Crippen molar-refractivity contribution in [3.63, 3.8) is 0 Å². The van der Waals surface area contributed by atoms with Crippen molar-refractivity contribution in [2.24, 2.45) is 0 Å². The topological polar surface area (TPSA) is 0 Å². The molecule has 0 spiro atoms. The number of rotatable bonds is 0. The van der Waals surface area contributed by atoms with E-state index >= 15 is 0 Å². The molecule has 39 valence electrons. The van der Waals surface area contributed by atoms with Crippen molar-refractivity contribution < 1.29 is 24.4 Å². The van der Waals surface area contributed by atoms with Crippen molar-refractivity contribution in [3.8, 4) is 0 Å². The zero-order valence-electron chi connectivity index (χ0n) is 2.42. The van der Waals surface area contributed by atoms with Crippen LogP contribution in [0.5, 0.6) is 0 Å². The molecule has 0 aromatic carbocycles. The normalized spacial score (nSPS) is 4.33. The zero-order valence-corrected chi connectivity index (χ0v) is 8.00. The second kappa shape index (κ2) is 10.5. The van der Waals surface area contributed by atoms with Crippen LogP contribution in [0.1, 0.15) is 0 Å². The summed E-state index contributed by atoms with van der Waals surface area (Å²) in [6, 6.07) is 0. The van der Waals surface area contributed by atoms with Gasteiger partial charge < -0.3 is 0 Å². The summed E-state index contributed by atoms with van der Waals surface area (Å²) < 4.78 is 0. The molecule has 0 rings (SSSR count). The van der Waals surface area contributed by atoms with Crippen LogP contribution in [0.3, 0.4) is 0 Å². The van der Waals surface area contributed by atoms with Gasteiger partial charge in [-0.15, -0.1) is 0 Å². The van der Waals surface area contributed by atoms with Gasteiger partial charge in [-0.3, -0.25) is 0 Å². The molecule has 0 fully saturated rings. The fourth-order valence-electron chi connectivity index (χ4n) is 0. The average Bonchev–Trinajstić information content (AvgIpc) is 1.41. The minimum atomic E-state index is -0.521. The van der Waals surface area contributed by atoms with Crippen LogP contribution < -0.4 is 0 Å². The Morgan fingerprint density at radius 1 is 1.17 bits per heavy atom. The summed E-state index contributed by atoms with van der Waals surface area (Å²) in [7, 11) is 14.5. The number of hydrogen-bond acceptors (Lipinski definition) is 1. The Kier molecular flexibility index (Phi) is 19.8. The maximum absolute atomic E-state index is 3.77. The molecule has 0 aromatic rings. The van der Waals surface area contributed by atoms with Gasteiger partial charge in [0.2, 0.25) is 0 Å². The molecular weight excluding hydrogens is 243 g/mol. The second-order valence-electron chi connectivity index (χ2n) is 0.200. The van der Waals surface area contributed by atoms with E-state index in [2.05, 4.69) is 46.7 Å². The summed E-state index contributed by atoms with van der Waals surface area (Å²) >= 11 is 3.15. The predicted molar refractivity (Wildman–Crippen MR) is 28.4 cm³/mol. The summed E-state index contributed by atoms with van der Waals surface area (Å²) in [4.78, 5) is 0.